The molecule has 1 aliphatic rings. The molecule has 106 valence electrons. The predicted octanol–water partition coefficient (Wildman–Crippen LogP) is -0.0279. The van der Waals surface area contributed by atoms with Gasteiger partial charge in [0.1, 0.15) is 0 Å². The summed E-state index contributed by atoms with van der Waals surface area (Å²) in [5, 5.41) is 12.9. The molecule has 1 rings (SSSR count). The molecule has 1 fully saturated rings. The molecular weight excluding hydrogens is 252 g/mol. The highest BCUT2D eigenvalue weighted by Gasteiger charge is 2.39. The van der Waals surface area contributed by atoms with Gasteiger partial charge in [0, 0.05) is 32.1 Å². The van der Waals surface area contributed by atoms with Crippen LogP contribution in [0.1, 0.15) is 19.8 Å². The van der Waals surface area contributed by atoms with Crippen molar-refractivity contribution >= 4 is 17.7 Å². The van der Waals surface area contributed by atoms with Crippen LogP contribution in [0.4, 0.5) is 0 Å². The molecule has 1 heterocycles. The van der Waals surface area contributed by atoms with Crippen molar-refractivity contribution in [2.45, 2.75) is 25.4 Å². The molecule has 1 aliphatic heterocycles. The Labute approximate surface area is 113 Å². The molecule has 0 saturated carbocycles. The van der Waals surface area contributed by atoms with E-state index in [-0.39, 0.29) is 12.5 Å². The lowest BCUT2D eigenvalue weighted by molar-refractivity contribution is -0.136. The van der Waals surface area contributed by atoms with Gasteiger partial charge in [-0.15, -0.1) is 0 Å². The first kappa shape index (κ1) is 15.8. The molecule has 1 atom stereocenters. The molecule has 1 unspecified atom stereocenters. The standard InChI is InChI=1S/C12H24N2O3S/c1-11(16,9-18-2)8-14-10(15)12(7-13)3-5-17-6-4-12/h16H,3-9,13H2,1-2H3,(H,14,15). The van der Waals surface area contributed by atoms with E-state index in [2.05, 4.69) is 5.32 Å². The van der Waals surface area contributed by atoms with Gasteiger partial charge in [0.05, 0.1) is 11.0 Å². The molecule has 0 bridgehead atoms. The molecule has 4 N–H and O–H groups in total. The topological polar surface area (TPSA) is 84.6 Å². The fraction of sp³-hybridized carbons (Fsp3) is 0.917. The largest absolute Gasteiger partial charge is 0.387 e. The lowest BCUT2D eigenvalue weighted by Crippen LogP contribution is -2.52. The summed E-state index contributed by atoms with van der Waals surface area (Å²) in [6, 6.07) is 0. The quantitative estimate of drug-likeness (QED) is 0.634. The molecule has 0 aromatic carbocycles. The third-order valence-corrected chi connectivity index (χ3v) is 4.32. The van der Waals surface area contributed by atoms with Gasteiger partial charge in [0.2, 0.25) is 5.91 Å². The summed E-state index contributed by atoms with van der Waals surface area (Å²) in [5.41, 5.74) is 4.36. The van der Waals surface area contributed by atoms with Crippen molar-refractivity contribution in [3.05, 3.63) is 0 Å². The third kappa shape index (κ3) is 4.12. The minimum Gasteiger partial charge on any atom is -0.387 e. The zero-order valence-electron chi connectivity index (χ0n) is 11.2. The van der Waals surface area contributed by atoms with E-state index in [0.29, 0.717) is 38.4 Å². The van der Waals surface area contributed by atoms with Crippen molar-refractivity contribution in [1.82, 2.24) is 5.32 Å². The number of nitrogens with one attached hydrogen (secondary N) is 1. The van der Waals surface area contributed by atoms with Crippen LogP contribution < -0.4 is 11.1 Å². The van der Waals surface area contributed by atoms with Crippen LogP contribution in [0, 0.1) is 5.41 Å². The molecule has 0 aromatic rings. The maximum Gasteiger partial charge on any atom is 0.227 e. The minimum absolute atomic E-state index is 0.0605. The molecule has 0 aliphatic carbocycles. The second kappa shape index (κ2) is 6.75. The average Bonchev–Trinajstić information content (AvgIpc) is 2.37. The van der Waals surface area contributed by atoms with E-state index >= 15 is 0 Å². The summed E-state index contributed by atoms with van der Waals surface area (Å²) in [6.07, 6.45) is 3.23. The summed E-state index contributed by atoms with van der Waals surface area (Å²) in [5.74, 6) is 0.529. The van der Waals surface area contributed by atoms with Gasteiger partial charge in [-0.05, 0) is 26.0 Å². The Bertz CT molecular complexity index is 278. The molecule has 0 aromatic heterocycles. The van der Waals surface area contributed by atoms with Crippen molar-refractivity contribution in [1.29, 1.82) is 0 Å². The Kier molecular flexibility index (Phi) is 5.91. The van der Waals surface area contributed by atoms with Gasteiger partial charge in [-0.2, -0.15) is 11.8 Å². The van der Waals surface area contributed by atoms with E-state index < -0.39 is 11.0 Å². The first-order valence-electron chi connectivity index (χ1n) is 6.23. The summed E-state index contributed by atoms with van der Waals surface area (Å²) >= 11 is 1.55. The number of hydrogen-bond acceptors (Lipinski definition) is 5. The van der Waals surface area contributed by atoms with Gasteiger partial charge in [0.25, 0.3) is 0 Å². The lowest BCUT2D eigenvalue weighted by atomic mass is 9.79. The van der Waals surface area contributed by atoms with Crippen molar-refractivity contribution in [2.24, 2.45) is 11.1 Å². The number of hydrogen-bond donors (Lipinski definition) is 3. The number of nitrogens with two attached hydrogens (primary N) is 1. The van der Waals surface area contributed by atoms with Crippen LogP contribution in [-0.4, -0.2) is 54.9 Å². The van der Waals surface area contributed by atoms with Crippen molar-refractivity contribution in [2.75, 3.05) is 38.3 Å². The van der Waals surface area contributed by atoms with Gasteiger partial charge in [-0.25, -0.2) is 0 Å². The first-order valence-corrected chi connectivity index (χ1v) is 7.63. The normalized spacial score (nSPS) is 22.2. The average molecular weight is 276 g/mol. The number of thioether (sulfide) groups is 1. The number of amides is 1. The highest BCUT2D eigenvalue weighted by atomic mass is 32.2. The SMILES string of the molecule is CSCC(C)(O)CNC(=O)C1(CN)CCOCC1. The highest BCUT2D eigenvalue weighted by molar-refractivity contribution is 7.98. The van der Waals surface area contributed by atoms with E-state index in [9.17, 15) is 9.90 Å². The van der Waals surface area contributed by atoms with Crippen LogP contribution in [0.3, 0.4) is 0 Å². The van der Waals surface area contributed by atoms with Crippen LogP contribution in [0.15, 0.2) is 0 Å². The van der Waals surface area contributed by atoms with Crippen LogP contribution in [0.25, 0.3) is 0 Å². The Balaban J connectivity index is 2.52. The van der Waals surface area contributed by atoms with Gasteiger partial charge in [-0.3, -0.25) is 4.79 Å². The number of ether oxygens (including phenoxy) is 1. The van der Waals surface area contributed by atoms with Crippen LogP contribution >= 0.6 is 11.8 Å². The number of carbonyl (C=O) groups excluding carboxylic acids is 1. The van der Waals surface area contributed by atoms with E-state index in [1.54, 1.807) is 18.7 Å². The van der Waals surface area contributed by atoms with Crippen molar-refractivity contribution in [3.8, 4) is 0 Å². The Morgan fingerprint density at radius 2 is 2.17 bits per heavy atom. The second-order valence-corrected chi connectivity index (χ2v) is 6.08. The summed E-state index contributed by atoms with van der Waals surface area (Å²) < 4.78 is 5.27. The minimum atomic E-state index is -0.879. The predicted molar refractivity (Wildman–Crippen MR) is 73.6 cm³/mol. The second-order valence-electron chi connectivity index (χ2n) is 5.21. The molecule has 5 nitrogen and oxygen atoms in total. The Morgan fingerprint density at radius 1 is 1.56 bits per heavy atom. The van der Waals surface area contributed by atoms with E-state index in [1.165, 1.54) is 0 Å². The van der Waals surface area contributed by atoms with E-state index in [0.717, 1.165) is 0 Å². The summed E-state index contributed by atoms with van der Waals surface area (Å²) in [4.78, 5) is 12.2. The van der Waals surface area contributed by atoms with Gasteiger partial charge in [-0.1, -0.05) is 0 Å². The molecule has 1 saturated heterocycles. The highest BCUT2D eigenvalue weighted by Crippen LogP contribution is 2.29. The van der Waals surface area contributed by atoms with Crippen molar-refractivity contribution < 1.29 is 14.6 Å². The Hall–Kier alpha value is -0.300. The van der Waals surface area contributed by atoms with Crippen LogP contribution in [-0.2, 0) is 9.53 Å². The maximum atomic E-state index is 12.2. The zero-order valence-corrected chi connectivity index (χ0v) is 12.0. The summed E-state index contributed by atoms with van der Waals surface area (Å²) in [6.45, 7) is 3.46. The molecular formula is C12H24N2O3S. The van der Waals surface area contributed by atoms with E-state index in [1.807, 2.05) is 6.26 Å². The van der Waals surface area contributed by atoms with Crippen molar-refractivity contribution in [3.63, 3.8) is 0 Å². The van der Waals surface area contributed by atoms with Gasteiger partial charge in [0.15, 0.2) is 0 Å². The molecule has 0 radical (unpaired) electrons. The number of rotatable bonds is 6. The smallest absolute Gasteiger partial charge is 0.227 e. The first-order chi connectivity index (χ1) is 8.46. The fourth-order valence-corrected chi connectivity index (χ4v) is 2.83. The molecule has 6 heteroatoms. The van der Waals surface area contributed by atoms with Gasteiger partial charge < -0.3 is 20.9 Å². The van der Waals surface area contributed by atoms with Crippen LogP contribution in [0.5, 0.6) is 0 Å². The Morgan fingerprint density at radius 3 is 2.67 bits per heavy atom. The van der Waals surface area contributed by atoms with E-state index in [4.69, 9.17) is 10.5 Å². The number of carbonyl (C=O) groups is 1. The molecule has 1 amide bonds. The lowest BCUT2D eigenvalue weighted by Gasteiger charge is -2.35. The summed E-state index contributed by atoms with van der Waals surface area (Å²) in [7, 11) is 0. The molecule has 0 spiro atoms. The number of aliphatic hydroxyl groups is 1. The maximum absolute atomic E-state index is 12.2. The molecule has 18 heavy (non-hydrogen) atoms. The third-order valence-electron chi connectivity index (χ3n) is 3.41. The van der Waals surface area contributed by atoms with Gasteiger partial charge >= 0.3 is 0 Å². The fourth-order valence-electron chi connectivity index (χ4n) is 2.11. The monoisotopic (exact) mass is 276 g/mol. The van der Waals surface area contributed by atoms with Crippen LogP contribution in [0.2, 0.25) is 0 Å². The zero-order chi connectivity index (χ0) is 13.6.